The zero-order valence-corrected chi connectivity index (χ0v) is 19.1. The number of Topliss-reactive ketones (excluding diaryl/α,β-unsaturated/α-hetero) is 1. The second-order valence-corrected chi connectivity index (χ2v) is 10.00. The molecule has 31 heavy (non-hydrogen) atoms. The molecule has 0 unspecified atom stereocenters. The smallest absolute Gasteiger partial charge is 0.243 e. The first kappa shape index (κ1) is 23.1. The molecular weight excluding hydrogens is 416 g/mol. The first-order chi connectivity index (χ1) is 14.7. The number of carbonyl (C=O) groups is 2. The van der Waals surface area contributed by atoms with Crippen molar-refractivity contribution in [3.8, 4) is 0 Å². The molecule has 0 aliphatic carbocycles. The lowest BCUT2D eigenvalue weighted by Gasteiger charge is -2.30. The molecule has 0 saturated carbocycles. The molecule has 0 spiro atoms. The number of sulfonamides is 1. The molecule has 3 rings (SSSR count). The molecule has 8 nitrogen and oxygen atoms in total. The Morgan fingerprint density at radius 2 is 1.87 bits per heavy atom. The molecule has 1 aliphatic heterocycles. The summed E-state index contributed by atoms with van der Waals surface area (Å²) >= 11 is 0. The summed E-state index contributed by atoms with van der Waals surface area (Å²) < 4.78 is 29.2. The molecule has 2 heterocycles. The predicted octanol–water partition coefficient (Wildman–Crippen LogP) is 2.31. The van der Waals surface area contributed by atoms with Gasteiger partial charge in [-0.15, -0.1) is 0 Å². The van der Waals surface area contributed by atoms with E-state index in [1.54, 1.807) is 12.1 Å². The van der Waals surface area contributed by atoms with E-state index in [0.717, 1.165) is 24.4 Å². The molecule has 1 aromatic heterocycles. The van der Waals surface area contributed by atoms with Crippen molar-refractivity contribution in [3.63, 3.8) is 0 Å². The molecule has 1 aliphatic rings. The quantitative estimate of drug-likeness (QED) is 0.495. The third-order valence-electron chi connectivity index (χ3n) is 5.65. The van der Waals surface area contributed by atoms with Crippen molar-refractivity contribution in [2.24, 2.45) is 5.92 Å². The number of aryl methyl sites for hydroxylation is 3. The van der Waals surface area contributed by atoms with Crippen LogP contribution in [0.25, 0.3) is 0 Å². The van der Waals surface area contributed by atoms with Crippen LogP contribution in [0.2, 0.25) is 0 Å². The number of amides is 1. The van der Waals surface area contributed by atoms with Crippen LogP contribution in [-0.4, -0.2) is 53.8 Å². The van der Waals surface area contributed by atoms with Gasteiger partial charge in [-0.25, -0.2) is 8.42 Å². The highest BCUT2D eigenvalue weighted by atomic mass is 32.2. The van der Waals surface area contributed by atoms with Gasteiger partial charge in [0.1, 0.15) is 0 Å². The Bertz CT molecular complexity index is 1050. The summed E-state index contributed by atoms with van der Waals surface area (Å²) in [6.07, 6.45) is 1.75. The highest BCUT2D eigenvalue weighted by Crippen LogP contribution is 2.24. The number of hydrogen-bond donors (Lipinski definition) is 1. The average molecular weight is 447 g/mol. The lowest BCUT2D eigenvalue weighted by atomic mass is 9.97. The van der Waals surface area contributed by atoms with E-state index < -0.39 is 10.0 Å². The van der Waals surface area contributed by atoms with Crippen molar-refractivity contribution >= 4 is 21.7 Å². The van der Waals surface area contributed by atoms with Crippen molar-refractivity contribution in [1.29, 1.82) is 0 Å². The molecule has 1 N–H and O–H groups in total. The molecule has 0 atom stereocenters. The largest absolute Gasteiger partial charge is 0.356 e. The maximum Gasteiger partial charge on any atom is 0.243 e. The molecule has 1 saturated heterocycles. The molecule has 0 radical (unpaired) electrons. The van der Waals surface area contributed by atoms with Crippen molar-refractivity contribution in [1.82, 2.24) is 19.4 Å². The second-order valence-electron chi connectivity index (χ2n) is 8.06. The van der Waals surface area contributed by atoms with E-state index in [4.69, 9.17) is 0 Å². The van der Waals surface area contributed by atoms with Gasteiger partial charge in [-0.05, 0) is 58.2 Å². The van der Waals surface area contributed by atoms with Crippen LogP contribution in [0.4, 0.5) is 0 Å². The van der Waals surface area contributed by atoms with Crippen molar-refractivity contribution < 1.29 is 18.0 Å². The van der Waals surface area contributed by atoms with Crippen molar-refractivity contribution in [2.45, 2.75) is 51.5 Å². The number of ketones is 1. The van der Waals surface area contributed by atoms with Crippen molar-refractivity contribution in [3.05, 3.63) is 47.3 Å². The Labute approximate surface area is 183 Å². The Balaban J connectivity index is 1.48. The minimum atomic E-state index is -3.68. The van der Waals surface area contributed by atoms with E-state index in [-0.39, 0.29) is 35.6 Å². The van der Waals surface area contributed by atoms with E-state index >= 15 is 0 Å². The van der Waals surface area contributed by atoms with Crippen LogP contribution in [0, 0.1) is 19.8 Å². The van der Waals surface area contributed by atoms with Gasteiger partial charge >= 0.3 is 0 Å². The highest BCUT2D eigenvalue weighted by Gasteiger charge is 2.32. The van der Waals surface area contributed by atoms with Crippen LogP contribution in [-0.2, 0) is 21.4 Å². The number of hydrogen-bond acceptors (Lipinski definition) is 5. The van der Waals surface area contributed by atoms with Gasteiger partial charge in [-0.3, -0.25) is 14.3 Å². The summed E-state index contributed by atoms with van der Waals surface area (Å²) in [5.41, 5.74) is 2.46. The number of rotatable bonds is 8. The number of nitrogens with one attached hydrogen (secondary N) is 1. The third kappa shape index (κ3) is 5.59. The van der Waals surface area contributed by atoms with Crippen LogP contribution in [0.3, 0.4) is 0 Å². The normalized spacial score (nSPS) is 15.7. The van der Waals surface area contributed by atoms with Gasteiger partial charge in [0.15, 0.2) is 5.78 Å². The molecule has 168 valence electrons. The van der Waals surface area contributed by atoms with Gasteiger partial charge in [0, 0.05) is 43.4 Å². The SMILES string of the molecule is CC(=O)c1cccc(S(=O)(=O)N2CCC(C(=O)NCCCn3nc(C)cc3C)CC2)c1. The third-order valence-corrected chi connectivity index (χ3v) is 7.55. The fraction of sp³-hybridized carbons (Fsp3) is 0.500. The Morgan fingerprint density at radius 1 is 1.16 bits per heavy atom. The number of aromatic nitrogens is 2. The minimum absolute atomic E-state index is 0.0241. The van der Waals surface area contributed by atoms with Gasteiger partial charge in [-0.1, -0.05) is 12.1 Å². The number of nitrogens with zero attached hydrogens (tertiary/aromatic N) is 3. The molecule has 1 fully saturated rings. The van der Waals surface area contributed by atoms with Crippen LogP contribution in [0.1, 0.15) is 47.9 Å². The summed E-state index contributed by atoms with van der Waals surface area (Å²) in [6.45, 7) is 7.26. The molecule has 2 aromatic rings. The monoisotopic (exact) mass is 446 g/mol. The maximum atomic E-state index is 12.9. The predicted molar refractivity (Wildman–Crippen MR) is 117 cm³/mol. The van der Waals surface area contributed by atoms with E-state index in [9.17, 15) is 18.0 Å². The number of piperidine rings is 1. The van der Waals surface area contributed by atoms with Gasteiger partial charge < -0.3 is 5.32 Å². The van der Waals surface area contributed by atoms with Crippen LogP contribution in [0.15, 0.2) is 35.2 Å². The topological polar surface area (TPSA) is 101 Å². The fourth-order valence-corrected chi connectivity index (χ4v) is 5.39. The molecule has 1 aromatic carbocycles. The number of benzene rings is 1. The molecule has 1 amide bonds. The summed E-state index contributed by atoms with van der Waals surface area (Å²) in [7, 11) is -3.68. The highest BCUT2D eigenvalue weighted by molar-refractivity contribution is 7.89. The van der Waals surface area contributed by atoms with Gasteiger partial charge in [0.05, 0.1) is 10.6 Å². The lowest BCUT2D eigenvalue weighted by molar-refractivity contribution is -0.126. The van der Waals surface area contributed by atoms with Crippen LogP contribution >= 0.6 is 0 Å². The first-order valence-corrected chi connectivity index (χ1v) is 12.0. The van der Waals surface area contributed by atoms with E-state index in [1.807, 2.05) is 24.6 Å². The Kier molecular flexibility index (Phi) is 7.27. The first-order valence-electron chi connectivity index (χ1n) is 10.6. The second kappa shape index (κ2) is 9.74. The number of carbonyl (C=O) groups excluding carboxylic acids is 2. The molecule has 9 heteroatoms. The minimum Gasteiger partial charge on any atom is -0.356 e. The molecule has 0 bridgehead atoms. The van der Waals surface area contributed by atoms with Gasteiger partial charge in [0.25, 0.3) is 0 Å². The maximum absolute atomic E-state index is 12.9. The van der Waals surface area contributed by atoms with Crippen LogP contribution < -0.4 is 5.32 Å². The fourth-order valence-electron chi connectivity index (χ4n) is 3.87. The average Bonchev–Trinajstić information content (AvgIpc) is 3.08. The van der Waals surface area contributed by atoms with Crippen molar-refractivity contribution in [2.75, 3.05) is 19.6 Å². The summed E-state index contributed by atoms with van der Waals surface area (Å²) in [5.74, 6) is -0.391. The van der Waals surface area contributed by atoms with E-state index in [2.05, 4.69) is 10.4 Å². The lowest BCUT2D eigenvalue weighted by Crippen LogP contribution is -2.43. The molecular formula is C22H30N4O4S. The Morgan fingerprint density at radius 3 is 2.48 bits per heavy atom. The summed E-state index contributed by atoms with van der Waals surface area (Å²) in [4.78, 5) is 24.2. The van der Waals surface area contributed by atoms with Gasteiger partial charge in [0.2, 0.25) is 15.9 Å². The zero-order valence-electron chi connectivity index (χ0n) is 18.3. The Hall–Kier alpha value is -2.52. The van der Waals surface area contributed by atoms with E-state index in [0.29, 0.717) is 24.9 Å². The summed E-state index contributed by atoms with van der Waals surface area (Å²) in [5, 5.41) is 7.38. The summed E-state index contributed by atoms with van der Waals surface area (Å²) in [6, 6.07) is 8.13. The van der Waals surface area contributed by atoms with Gasteiger partial charge in [-0.2, -0.15) is 9.40 Å². The van der Waals surface area contributed by atoms with Crippen LogP contribution in [0.5, 0.6) is 0 Å². The zero-order chi connectivity index (χ0) is 22.6. The standard InChI is InChI=1S/C22H30N4O4S/c1-16-14-17(2)26(24-16)11-5-10-23-22(28)19-8-12-25(13-9-19)31(29,30)21-7-4-6-20(15-21)18(3)27/h4,6-7,14-15,19H,5,8-13H2,1-3H3,(H,23,28). The van der Waals surface area contributed by atoms with E-state index in [1.165, 1.54) is 23.4 Å².